The molecular weight excluding hydrogens is 324 g/mol. The summed E-state index contributed by atoms with van der Waals surface area (Å²) in [7, 11) is 2.24. The van der Waals surface area contributed by atoms with Gasteiger partial charge in [0.2, 0.25) is 0 Å². The van der Waals surface area contributed by atoms with Gasteiger partial charge < -0.3 is 10.2 Å². The van der Waals surface area contributed by atoms with Gasteiger partial charge in [-0.2, -0.15) is 0 Å². The summed E-state index contributed by atoms with van der Waals surface area (Å²) < 4.78 is 1.17. The minimum absolute atomic E-state index is 0.373. The average molecular weight is 353 g/mol. The third-order valence-electron chi connectivity index (χ3n) is 4.24. The maximum atomic E-state index is 3.73. The van der Waals surface area contributed by atoms with Crippen LogP contribution in [0.25, 0.3) is 0 Å². The first-order chi connectivity index (χ1) is 10.0. The van der Waals surface area contributed by atoms with Gasteiger partial charge in [-0.1, -0.05) is 48.3 Å². The van der Waals surface area contributed by atoms with Crippen LogP contribution < -0.4 is 5.32 Å². The van der Waals surface area contributed by atoms with Crippen LogP contribution in [0.4, 0.5) is 0 Å². The fraction of sp³-hybridized carbons (Fsp3) is 0.667. The van der Waals surface area contributed by atoms with Crippen molar-refractivity contribution in [3.63, 3.8) is 0 Å². The van der Waals surface area contributed by atoms with Crippen LogP contribution in [0.2, 0.25) is 0 Å². The van der Waals surface area contributed by atoms with Crippen molar-refractivity contribution in [1.29, 1.82) is 0 Å². The molecular formula is C18H29BrN2. The zero-order valence-corrected chi connectivity index (χ0v) is 15.2. The van der Waals surface area contributed by atoms with Gasteiger partial charge in [0, 0.05) is 30.1 Å². The molecule has 1 aromatic rings. The Bertz CT molecular complexity index is 445. The standard InChI is InChI=1S/C18H29BrN2/c1-4-10-18(2,13-20-17-8-9-17)14-21(3)12-15-6-5-7-16(19)11-15/h5-7,11,17,20H,4,8-10,12-14H2,1-3H3. The molecule has 0 aliphatic heterocycles. The smallest absolute Gasteiger partial charge is 0.0231 e. The maximum absolute atomic E-state index is 3.73. The fourth-order valence-corrected chi connectivity index (χ4v) is 3.61. The molecule has 2 rings (SSSR count). The SMILES string of the molecule is CCCC(C)(CNC1CC1)CN(C)Cc1cccc(Br)c1. The van der Waals surface area contributed by atoms with E-state index in [9.17, 15) is 0 Å². The lowest BCUT2D eigenvalue weighted by molar-refractivity contribution is 0.167. The van der Waals surface area contributed by atoms with Gasteiger partial charge in [0.15, 0.2) is 0 Å². The molecule has 0 spiro atoms. The van der Waals surface area contributed by atoms with E-state index < -0.39 is 0 Å². The molecule has 1 saturated carbocycles. The monoisotopic (exact) mass is 352 g/mol. The first kappa shape index (κ1) is 17.0. The first-order valence-corrected chi connectivity index (χ1v) is 8.96. The van der Waals surface area contributed by atoms with E-state index in [0.717, 1.165) is 25.7 Å². The largest absolute Gasteiger partial charge is 0.313 e. The zero-order chi connectivity index (χ0) is 15.3. The van der Waals surface area contributed by atoms with E-state index in [4.69, 9.17) is 0 Å². The molecule has 1 aromatic carbocycles. The molecule has 1 fully saturated rings. The Morgan fingerprint density at radius 1 is 1.38 bits per heavy atom. The van der Waals surface area contributed by atoms with Gasteiger partial charge in [-0.25, -0.2) is 0 Å². The second-order valence-electron chi connectivity index (χ2n) is 7.02. The summed E-state index contributed by atoms with van der Waals surface area (Å²) in [5, 5.41) is 3.73. The van der Waals surface area contributed by atoms with E-state index in [1.54, 1.807) is 0 Å². The van der Waals surface area contributed by atoms with Crippen LogP contribution in [0.15, 0.2) is 28.7 Å². The Kier molecular flexibility index (Phi) is 6.27. The zero-order valence-electron chi connectivity index (χ0n) is 13.7. The van der Waals surface area contributed by atoms with Crippen LogP contribution in [0.1, 0.15) is 45.1 Å². The minimum atomic E-state index is 0.373. The van der Waals surface area contributed by atoms with E-state index in [-0.39, 0.29) is 0 Å². The summed E-state index contributed by atoms with van der Waals surface area (Å²) in [4.78, 5) is 2.46. The highest BCUT2D eigenvalue weighted by molar-refractivity contribution is 9.10. The maximum Gasteiger partial charge on any atom is 0.0231 e. The summed E-state index contributed by atoms with van der Waals surface area (Å²) in [6.45, 7) is 8.04. The molecule has 21 heavy (non-hydrogen) atoms. The molecule has 1 aliphatic carbocycles. The van der Waals surface area contributed by atoms with Crippen LogP contribution in [-0.2, 0) is 6.54 Å². The van der Waals surface area contributed by atoms with Crippen molar-refractivity contribution in [2.75, 3.05) is 20.1 Å². The Morgan fingerprint density at radius 3 is 2.76 bits per heavy atom. The van der Waals surface area contributed by atoms with E-state index in [1.807, 2.05) is 0 Å². The summed E-state index contributed by atoms with van der Waals surface area (Å²) in [5.74, 6) is 0. The molecule has 118 valence electrons. The summed E-state index contributed by atoms with van der Waals surface area (Å²) in [5.41, 5.74) is 1.75. The first-order valence-electron chi connectivity index (χ1n) is 8.17. The average Bonchev–Trinajstić information content (AvgIpc) is 3.20. The molecule has 1 unspecified atom stereocenters. The number of benzene rings is 1. The number of hydrogen-bond donors (Lipinski definition) is 1. The minimum Gasteiger partial charge on any atom is -0.313 e. The van der Waals surface area contributed by atoms with Crippen molar-refractivity contribution in [3.05, 3.63) is 34.3 Å². The van der Waals surface area contributed by atoms with Crippen LogP contribution in [0.5, 0.6) is 0 Å². The van der Waals surface area contributed by atoms with Crippen LogP contribution in [0.3, 0.4) is 0 Å². The predicted molar refractivity (Wildman–Crippen MR) is 94.5 cm³/mol. The number of rotatable bonds is 9. The molecule has 0 saturated heterocycles. The van der Waals surface area contributed by atoms with Gasteiger partial charge in [-0.3, -0.25) is 0 Å². The number of halogens is 1. The third kappa shape index (κ3) is 6.09. The lowest BCUT2D eigenvalue weighted by atomic mass is 9.84. The van der Waals surface area contributed by atoms with Crippen LogP contribution in [0, 0.1) is 5.41 Å². The Morgan fingerprint density at radius 2 is 2.14 bits per heavy atom. The molecule has 0 aromatic heterocycles. The highest BCUT2D eigenvalue weighted by atomic mass is 79.9. The molecule has 0 heterocycles. The van der Waals surface area contributed by atoms with Crippen molar-refractivity contribution in [3.8, 4) is 0 Å². The lowest BCUT2D eigenvalue weighted by Crippen LogP contribution is -2.41. The van der Waals surface area contributed by atoms with Crippen molar-refractivity contribution in [1.82, 2.24) is 10.2 Å². The molecule has 1 atom stereocenters. The summed E-state index contributed by atoms with van der Waals surface area (Å²) in [6, 6.07) is 9.44. The number of nitrogens with one attached hydrogen (secondary N) is 1. The highest BCUT2D eigenvalue weighted by Crippen LogP contribution is 2.27. The summed E-state index contributed by atoms with van der Waals surface area (Å²) >= 11 is 3.56. The van der Waals surface area contributed by atoms with Gasteiger partial charge in [-0.15, -0.1) is 0 Å². The Labute approximate surface area is 138 Å². The predicted octanol–water partition coefficient (Wildman–Crippen LogP) is 4.44. The van der Waals surface area contributed by atoms with E-state index in [2.05, 4.69) is 71.3 Å². The quantitative estimate of drug-likeness (QED) is 0.706. The highest BCUT2D eigenvalue weighted by Gasteiger charge is 2.29. The Balaban J connectivity index is 1.88. The van der Waals surface area contributed by atoms with Crippen molar-refractivity contribution in [2.45, 2.75) is 52.1 Å². The van der Waals surface area contributed by atoms with E-state index in [0.29, 0.717) is 5.41 Å². The molecule has 0 radical (unpaired) electrons. The fourth-order valence-electron chi connectivity index (χ4n) is 3.16. The van der Waals surface area contributed by atoms with Crippen LogP contribution >= 0.6 is 15.9 Å². The van der Waals surface area contributed by atoms with Gasteiger partial charge in [0.1, 0.15) is 0 Å². The van der Waals surface area contributed by atoms with Crippen molar-refractivity contribution < 1.29 is 0 Å². The number of hydrogen-bond acceptors (Lipinski definition) is 2. The normalized spacial score (nSPS) is 18.0. The lowest BCUT2D eigenvalue weighted by Gasteiger charge is -2.34. The second kappa shape index (κ2) is 7.75. The Hall–Kier alpha value is -0.380. The topological polar surface area (TPSA) is 15.3 Å². The molecule has 3 heteroatoms. The number of nitrogens with zero attached hydrogens (tertiary/aromatic N) is 1. The van der Waals surface area contributed by atoms with Crippen molar-refractivity contribution in [2.24, 2.45) is 5.41 Å². The molecule has 2 nitrogen and oxygen atoms in total. The van der Waals surface area contributed by atoms with Gasteiger partial charge in [-0.05, 0) is 49.4 Å². The van der Waals surface area contributed by atoms with E-state index in [1.165, 1.54) is 35.7 Å². The van der Waals surface area contributed by atoms with Crippen LogP contribution in [-0.4, -0.2) is 31.1 Å². The summed E-state index contributed by atoms with van der Waals surface area (Å²) in [6.07, 6.45) is 5.29. The van der Waals surface area contributed by atoms with Gasteiger partial charge in [0.25, 0.3) is 0 Å². The molecule has 1 N–H and O–H groups in total. The second-order valence-corrected chi connectivity index (χ2v) is 7.93. The van der Waals surface area contributed by atoms with Gasteiger partial charge in [0.05, 0.1) is 0 Å². The molecule has 0 bridgehead atoms. The molecule has 0 amide bonds. The van der Waals surface area contributed by atoms with Crippen molar-refractivity contribution >= 4 is 15.9 Å². The van der Waals surface area contributed by atoms with Gasteiger partial charge >= 0.3 is 0 Å². The van der Waals surface area contributed by atoms with E-state index >= 15 is 0 Å². The molecule has 1 aliphatic rings. The third-order valence-corrected chi connectivity index (χ3v) is 4.73.